The molecule has 3 rings (SSSR count). The van der Waals surface area contributed by atoms with Crippen molar-refractivity contribution < 1.29 is 23.2 Å². The molecule has 0 fully saturated rings. The molecule has 0 spiro atoms. The molecule has 0 aliphatic heterocycles. The van der Waals surface area contributed by atoms with Crippen LogP contribution >= 0.6 is 11.8 Å². The molecular formula is C16H12F2N4O4S. The van der Waals surface area contributed by atoms with Crippen molar-refractivity contribution in [3.05, 3.63) is 52.1 Å². The molecule has 1 amide bonds. The first kappa shape index (κ1) is 18.6. The number of amides is 1. The maximum Gasteiger partial charge on any atom is 0.296 e. The summed E-state index contributed by atoms with van der Waals surface area (Å²) in [6, 6.07) is 5.98. The highest BCUT2D eigenvalue weighted by atomic mass is 32.2. The molecule has 1 aromatic heterocycles. The number of ether oxygens (including phenoxy) is 1. The lowest BCUT2D eigenvalue weighted by Gasteiger charge is -2.07. The Labute approximate surface area is 155 Å². The van der Waals surface area contributed by atoms with E-state index in [9.17, 15) is 23.7 Å². The van der Waals surface area contributed by atoms with Crippen LogP contribution in [0.15, 0.2) is 35.5 Å². The van der Waals surface area contributed by atoms with E-state index in [1.54, 1.807) is 0 Å². The summed E-state index contributed by atoms with van der Waals surface area (Å²) in [6.45, 7) is 0. The van der Waals surface area contributed by atoms with Crippen LogP contribution in [0, 0.1) is 21.7 Å². The third-order valence-corrected chi connectivity index (χ3v) is 4.39. The van der Waals surface area contributed by atoms with E-state index in [0.717, 1.165) is 23.9 Å². The number of aromatic nitrogens is 2. The highest BCUT2D eigenvalue weighted by molar-refractivity contribution is 7.99. The first-order valence-electron chi connectivity index (χ1n) is 7.47. The Morgan fingerprint density at radius 3 is 2.78 bits per heavy atom. The summed E-state index contributed by atoms with van der Waals surface area (Å²) < 4.78 is 31.4. The lowest BCUT2D eigenvalue weighted by atomic mass is 10.2. The maximum atomic E-state index is 13.2. The minimum absolute atomic E-state index is 0.0279. The number of fused-ring (bicyclic) bond motifs is 1. The first-order chi connectivity index (χ1) is 12.9. The average Bonchev–Trinajstić information content (AvgIpc) is 3.02. The van der Waals surface area contributed by atoms with Crippen molar-refractivity contribution in [3.8, 4) is 5.75 Å². The number of methoxy groups -OCH3 is 1. The second-order valence-corrected chi connectivity index (χ2v) is 6.27. The van der Waals surface area contributed by atoms with Gasteiger partial charge in [0.25, 0.3) is 5.69 Å². The van der Waals surface area contributed by atoms with Crippen molar-refractivity contribution in [1.82, 2.24) is 9.97 Å². The molecule has 0 saturated heterocycles. The molecule has 0 aliphatic rings. The molecule has 140 valence electrons. The van der Waals surface area contributed by atoms with Crippen molar-refractivity contribution >= 4 is 40.1 Å². The number of hydrogen-bond acceptors (Lipinski definition) is 6. The Hall–Kier alpha value is -3.21. The summed E-state index contributed by atoms with van der Waals surface area (Å²) in [6.07, 6.45) is 0. The Kier molecular flexibility index (Phi) is 5.21. The zero-order chi connectivity index (χ0) is 19.6. The van der Waals surface area contributed by atoms with Gasteiger partial charge in [0, 0.05) is 12.1 Å². The standard InChI is InChI=1S/C16H12F2N4O4S/c1-26-8-2-3-11(14(4-8)22(24)25)19-15(23)7-27-16-20-12-5-9(17)10(18)6-13(12)21-16/h2-6H,7H2,1H3,(H,19,23)(H,20,21). The molecule has 1 heterocycles. The second-order valence-electron chi connectivity index (χ2n) is 5.30. The minimum Gasteiger partial charge on any atom is -0.496 e. The molecule has 0 aliphatic carbocycles. The fourth-order valence-corrected chi connectivity index (χ4v) is 2.95. The van der Waals surface area contributed by atoms with Crippen LogP contribution in [0.4, 0.5) is 20.2 Å². The van der Waals surface area contributed by atoms with E-state index in [1.165, 1.54) is 25.3 Å². The van der Waals surface area contributed by atoms with Crippen molar-refractivity contribution in [2.75, 3.05) is 18.2 Å². The summed E-state index contributed by atoms with van der Waals surface area (Å²) in [7, 11) is 1.37. The van der Waals surface area contributed by atoms with Crippen molar-refractivity contribution in [2.24, 2.45) is 0 Å². The number of nitro benzene ring substituents is 1. The molecule has 0 bridgehead atoms. The number of anilines is 1. The highest BCUT2D eigenvalue weighted by Crippen LogP contribution is 2.29. The van der Waals surface area contributed by atoms with Crippen LogP contribution in [0.5, 0.6) is 5.75 Å². The molecule has 3 aromatic rings. The Morgan fingerprint density at radius 2 is 2.07 bits per heavy atom. The van der Waals surface area contributed by atoms with Gasteiger partial charge in [-0.1, -0.05) is 11.8 Å². The van der Waals surface area contributed by atoms with Crippen LogP contribution < -0.4 is 10.1 Å². The van der Waals surface area contributed by atoms with E-state index in [2.05, 4.69) is 15.3 Å². The molecule has 0 atom stereocenters. The smallest absolute Gasteiger partial charge is 0.296 e. The molecule has 2 N–H and O–H groups in total. The Morgan fingerprint density at radius 1 is 1.33 bits per heavy atom. The third-order valence-electron chi connectivity index (χ3n) is 3.52. The lowest BCUT2D eigenvalue weighted by molar-refractivity contribution is -0.384. The van der Waals surface area contributed by atoms with Crippen LogP contribution in [-0.4, -0.2) is 33.7 Å². The van der Waals surface area contributed by atoms with Gasteiger partial charge in [-0.2, -0.15) is 0 Å². The average molecular weight is 394 g/mol. The van der Waals surface area contributed by atoms with Gasteiger partial charge in [-0.05, 0) is 12.1 Å². The number of hydrogen-bond donors (Lipinski definition) is 2. The van der Waals surface area contributed by atoms with Crippen molar-refractivity contribution in [1.29, 1.82) is 0 Å². The number of benzene rings is 2. The van der Waals surface area contributed by atoms with Gasteiger partial charge >= 0.3 is 0 Å². The monoisotopic (exact) mass is 394 g/mol. The number of carbonyl (C=O) groups is 1. The van der Waals surface area contributed by atoms with Crippen LogP contribution in [-0.2, 0) is 4.79 Å². The number of halogens is 2. The van der Waals surface area contributed by atoms with Gasteiger partial charge in [0.05, 0.1) is 34.9 Å². The summed E-state index contributed by atoms with van der Waals surface area (Å²) in [5.74, 6) is -2.36. The zero-order valence-electron chi connectivity index (χ0n) is 13.8. The zero-order valence-corrected chi connectivity index (χ0v) is 14.6. The largest absolute Gasteiger partial charge is 0.496 e. The van der Waals surface area contributed by atoms with E-state index in [1.807, 2.05) is 0 Å². The number of rotatable bonds is 6. The van der Waals surface area contributed by atoms with E-state index in [0.29, 0.717) is 5.52 Å². The topological polar surface area (TPSA) is 110 Å². The number of thioether (sulfide) groups is 1. The lowest BCUT2D eigenvalue weighted by Crippen LogP contribution is -2.15. The van der Waals surface area contributed by atoms with Crippen molar-refractivity contribution in [2.45, 2.75) is 5.16 Å². The van der Waals surface area contributed by atoms with Crippen LogP contribution in [0.3, 0.4) is 0 Å². The first-order valence-corrected chi connectivity index (χ1v) is 8.46. The normalized spacial score (nSPS) is 10.8. The third kappa shape index (κ3) is 4.14. The van der Waals surface area contributed by atoms with E-state index < -0.39 is 22.5 Å². The predicted octanol–water partition coefficient (Wildman–Crippen LogP) is 3.49. The molecule has 27 heavy (non-hydrogen) atoms. The van der Waals surface area contributed by atoms with E-state index in [4.69, 9.17) is 4.74 Å². The number of nitrogens with zero attached hydrogens (tertiary/aromatic N) is 2. The summed E-state index contributed by atoms with van der Waals surface area (Å²) in [4.78, 5) is 29.4. The summed E-state index contributed by atoms with van der Waals surface area (Å²) in [5, 5.41) is 13.9. The molecule has 0 saturated carbocycles. The number of aromatic amines is 1. The minimum atomic E-state index is -1.02. The summed E-state index contributed by atoms with van der Waals surface area (Å²) in [5.41, 5.74) is 0.243. The molecular weight excluding hydrogens is 382 g/mol. The van der Waals surface area contributed by atoms with Gasteiger partial charge in [0.2, 0.25) is 5.91 Å². The van der Waals surface area contributed by atoms with Gasteiger partial charge in [0.1, 0.15) is 11.4 Å². The van der Waals surface area contributed by atoms with Crippen molar-refractivity contribution in [3.63, 3.8) is 0 Å². The number of nitrogens with one attached hydrogen (secondary N) is 2. The Balaban J connectivity index is 1.69. The van der Waals surface area contributed by atoms with Gasteiger partial charge in [-0.25, -0.2) is 13.8 Å². The fourth-order valence-electron chi connectivity index (χ4n) is 2.27. The molecule has 8 nitrogen and oxygen atoms in total. The van der Waals surface area contributed by atoms with Gasteiger partial charge in [-0.3, -0.25) is 14.9 Å². The molecule has 0 unspecified atom stereocenters. The summed E-state index contributed by atoms with van der Waals surface area (Å²) >= 11 is 0.989. The Bertz CT molecular complexity index is 1000. The van der Waals surface area contributed by atoms with Crippen LogP contribution in [0.25, 0.3) is 11.0 Å². The highest BCUT2D eigenvalue weighted by Gasteiger charge is 2.18. The van der Waals surface area contributed by atoms with Gasteiger partial charge in [-0.15, -0.1) is 0 Å². The van der Waals surface area contributed by atoms with E-state index in [-0.39, 0.29) is 33.6 Å². The molecule has 2 aromatic carbocycles. The second kappa shape index (κ2) is 7.58. The van der Waals surface area contributed by atoms with Crippen LogP contribution in [0.2, 0.25) is 0 Å². The molecule has 11 heteroatoms. The van der Waals surface area contributed by atoms with Gasteiger partial charge < -0.3 is 15.0 Å². The number of nitro groups is 1. The molecule has 0 radical (unpaired) electrons. The predicted molar refractivity (Wildman–Crippen MR) is 95.0 cm³/mol. The quantitative estimate of drug-likeness (QED) is 0.376. The number of H-pyrrole nitrogens is 1. The maximum absolute atomic E-state index is 13.2. The van der Waals surface area contributed by atoms with Gasteiger partial charge in [0.15, 0.2) is 16.8 Å². The number of imidazole rings is 1. The number of carbonyl (C=O) groups excluding carboxylic acids is 1. The van der Waals surface area contributed by atoms with E-state index >= 15 is 0 Å². The van der Waals surface area contributed by atoms with Crippen LogP contribution in [0.1, 0.15) is 0 Å². The SMILES string of the molecule is COc1ccc(NC(=O)CSc2nc3cc(F)c(F)cc3[nH]2)c([N+](=O)[O-])c1. The fraction of sp³-hybridized carbons (Fsp3) is 0.125.